The molecule has 0 fully saturated rings. The van der Waals surface area contributed by atoms with Gasteiger partial charge in [-0.25, -0.2) is 8.42 Å². The van der Waals surface area contributed by atoms with Gasteiger partial charge in [-0.2, -0.15) is 0 Å². The standard InChI is InChI=1S/C23H22BrClO6S/c1-28-15-7-10-19(24)18(11-15)23(32(26,27)17-8-5-14(25)6-9-17)22-20(30-3)12-16(29-2)13-21(22)31-4/h5-13,23H,1-4H3. The molecule has 9 heteroatoms. The molecule has 0 saturated heterocycles. The van der Waals surface area contributed by atoms with E-state index >= 15 is 0 Å². The molecule has 3 rings (SSSR count). The molecule has 3 aromatic carbocycles. The van der Waals surface area contributed by atoms with Gasteiger partial charge in [-0.1, -0.05) is 27.5 Å². The highest BCUT2D eigenvalue weighted by Gasteiger charge is 2.37. The van der Waals surface area contributed by atoms with E-state index in [-0.39, 0.29) is 4.90 Å². The molecule has 0 radical (unpaired) electrons. The van der Waals surface area contributed by atoms with E-state index in [4.69, 9.17) is 30.5 Å². The normalized spacial score (nSPS) is 12.2. The van der Waals surface area contributed by atoms with Crippen molar-refractivity contribution in [1.29, 1.82) is 0 Å². The summed E-state index contributed by atoms with van der Waals surface area (Å²) in [6, 6.07) is 14.4. The largest absolute Gasteiger partial charge is 0.497 e. The Morgan fingerprint density at radius 3 is 1.84 bits per heavy atom. The van der Waals surface area contributed by atoms with Gasteiger partial charge < -0.3 is 18.9 Å². The van der Waals surface area contributed by atoms with Crippen molar-refractivity contribution in [3.05, 3.63) is 75.2 Å². The first-order valence-electron chi connectivity index (χ1n) is 9.39. The minimum Gasteiger partial charge on any atom is -0.497 e. The Morgan fingerprint density at radius 1 is 0.781 bits per heavy atom. The lowest BCUT2D eigenvalue weighted by Crippen LogP contribution is -2.18. The Hall–Kier alpha value is -2.42. The second kappa shape index (κ2) is 10.0. The van der Waals surface area contributed by atoms with Crippen molar-refractivity contribution in [2.45, 2.75) is 10.1 Å². The zero-order chi connectivity index (χ0) is 23.5. The van der Waals surface area contributed by atoms with Gasteiger partial charge in [0, 0.05) is 21.6 Å². The van der Waals surface area contributed by atoms with Crippen molar-refractivity contribution < 1.29 is 27.4 Å². The Balaban J connectivity index is 2.41. The van der Waals surface area contributed by atoms with Gasteiger partial charge in [0.05, 0.1) is 38.9 Å². The predicted octanol–water partition coefficient (Wildman–Crippen LogP) is 5.70. The van der Waals surface area contributed by atoms with Crippen molar-refractivity contribution in [3.63, 3.8) is 0 Å². The van der Waals surface area contributed by atoms with Gasteiger partial charge in [0.1, 0.15) is 28.2 Å². The van der Waals surface area contributed by atoms with Gasteiger partial charge in [0.15, 0.2) is 9.84 Å². The maximum Gasteiger partial charge on any atom is 0.189 e. The molecule has 0 spiro atoms. The molecule has 0 aliphatic rings. The number of hydrogen-bond donors (Lipinski definition) is 0. The molecule has 0 amide bonds. The van der Waals surface area contributed by atoms with Crippen LogP contribution in [-0.2, 0) is 9.84 Å². The molecule has 0 saturated carbocycles. The minimum absolute atomic E-state index is 0.0987. The molecule has 6 nitrogen and oxygen atoms in total. The van der Waals surface area contributed by atoms with Crippen LogP contribution >= 0.6 is 27.5 Å². The molecule has 0 heterocycles. The van der Waals surface area contributed by atoms with E-state index in [9.17, 15) is 8.42 Å². The predicted molar refractivity (Wildman–Crippen MR) is 127 cm³/mol. The van der Waals surface area contributed by atoms with Crippen molar-refractivity contribution in [2.75, 3.05) is 28.4 Å². The molecule has 0 bridgehead atoms. The molecule has 0 N–H and O–H groups in total. The smallest absolute Gasteiger partial charge is 0.189 e. The molecule has 0 aromatic heterocycles. The molecular weight excluding hydrogens is 520 g/mol. The number of halogens is 2. The van der Waals surface area contributed by atoms with Crippen LogP contribution in [0.5, 0.6) is 23.0 Å². The Morgan fingerprint density at radius 2 is 1.34 bits per heavy atom. The highest BCUT2D eigenvalue weighted by molar-refractivity contribution is 9.10. The van der Waals surface area contributed by atoms with Gasteiger partial charge in [0.2, 0.25) is 0 Å². The third-order valence-corrected chi connectivity index (χ3v) is 7.97. The fourth-order valence-corrected chi connectivity index (χ4v) is 5.99. The maximum absolute atomic E-state index is 14.0. The van der Waals surface area contributed by atoms with Gasteiger partial charge in [-0.15, -0.1) is 0 Å². The van der Waals surface area contributed by atoms with Crippen molar-refractivity contribution >= 4 is 37.4 Å². The Labute approximate surface area is 201 Å². The molecule has 0 aliphatic carbocycles. The molecule has 170 valence electrons. The van der Waals surface area contributed by atoms with Crippen LogP contribution in [0.4, 0.5) is 0 Å². The summed E-state index contributed by atoms with van der Waals surface area (Å²) in [5.74, 6) is 1.58. The Kier molecular flexibility index (Phi) is 7.59. The van der Waals surface area contributed by atoms with Crippen molar-refractivity contribution in [1.82, 2.24) is 0 Å². The summed E-state index contributed by atoms with van der Waals surface area (Å²) in [7, 11) is 1.95. The van der Waals surface area contributed by atoms with E-state index in [0.29, 0.717) is 43.6 Å². The first-order chi connectivity index (χ1) is 15.3. The summed E-state index contributed by atoms with van der Waals surface area (Å²) in [5.41, 5.74) is 0.792. The summed E-state index contributed by atoms with van der Waals surface area (Å²) in [6.45, 7) is 0. The van der Waals surface area contributed by atoms with Crippen molar-refractivity contribution in [3.8, 4) is 23.0 Å². The van der Waals surface area contributed by atoms with Gasteiger partial charge in [0.25, 0.3) is 0 Å². The number of rotatable bonds is 8. The number of methoxy groups -OCH3 is 4. The molecule has 3 aromatic rings. The number of ether oxygens (including phenoxy) is 4. The monoisotopic (exact) mass is 540 g/mol. The van der Waals surface area contributed by atoms with Crippen LogP contribution in [0.1, 0.15) is 16.4 Å². The number of benzene rings is 3. The first kappa shape index (κ1) is 24.2. The summed E-state index contributed by atoms with van der Waals surface area (Å²) in [4.78, 5) is 0.0987. The summed E-state index contributed by atoms with van der Waals surface area (Å²) in [5, 5.41) is -0.758. The SMILES string of the molecule is COc1cc(OC)c(C(c2cc(OC)ccc2Br)S(=O)(=O)c2ccc(Cl)cc2)c(OC)c1. The van der Waals surface area contributed by atoms with E-state index < -0.39 is 15.1 Å². The molecule has 32 heavy (non-hydrogen) atoms. The van der Waals surface area contributed by atoms with E-state index in [2.05, 4.69) is 15.9 Å². The van der Waals surface area contributed by atoms with Crippen LogP contribution in [0.3, 0.4) is 0 Å². The van der Waals surface area contributed by atoms with Crippen LogP contribution in [0.15, 0.2) is 64.0 Å². The first-order valence-corrected chi connectivity index (χ1v) is 12.1. The maximum atomic E-state index is 14.0. The van der Waals surface area contributed by atoms with Gasteiger partial charge >= 0.3 is 0 Å². The highest BCUT2D eigenvalue weighted by Crippen LogP contribution is 2.48. The summed E-state index contributed by atoms with van der Waals surface area (Å²) in [6.07, 6.45) is 0. The highest BCUT2D eigenvalue weighted by atomic mass is 79.9. The van der Waals surface area contributed by atoms with Crippen LogP contribution < -0.4 is 18.9 Å². The van der Waals surface area contributed by atoms with Gasteiger partial charge in [-0.05, 0) is 48.0 Å². The van der Waals surface area contributed by atoms with Gasteiger partial charge in [-0.3, -0.25) is 0 Å². The second-order valence-corrected chi connectivity index (χ2v) is 10.0. The van der Waals surface area contributed by atoms with E-state index in [1.807, 2.05) is 0 Å². The second-order valence-electron chi connectivity index (χ2n) is 6.71. The third-order valence-electron chi connectivity index (χ3n) is 4.95. The molecular formula is C23H22BrClO6S. The lowest BCUT2D eigenvalue weighted by molar-refractivity contribution is 0.368. The average molecular weight is 542 g/mol. The van der Waals surface area contributed by atoms with Crippen LogP contribution in [0, 0.1) is 0 Å². The Bertz CT molecular complexity index is 1190. The summed E-state index contributed by atoms with van der Waals surface area (Å²) >= 11 is 9.50. The average Bonchev–Trinajstić information content (AvgIpc) is 2.80. The lowest BCUT2D eigenvalue weighted by atomic mass is 10.0. The zero-order valence-corrected chi connectivity index (χ0v) is 21.0. The topological polar surface area (TPSA) is 71.1 Å². The van der Waals surface area contributed by atoms with E-state index in [1.165, 1.54) is 52.7 Å². The summed E-state index contributed by atoms with van der Waals surface area (Å²) < 4.78 is 50.5. The van der Waals surface area contributed by atoms with Crippen LogP contribution in [-0.4, -0.2) is 36.9 Å². The molecule has 0 aliphatic heterocycles. The molecule has 1 atom stereocenters. The van der Waals surface area contributed by atoms with Crippen LogP contribution in [0.25, 0.3) is 0 Å². The quantitative estimate of drug-likeness (QED) is 0.364. The molecule has 1 unspecified atom stereocenters. The van der Waals surface area contributed by atoms with E-state index in [0.717, 1.165) is 0 Å². The fourth-order valence-electron chi connectivity index (χ4n) is 3.38. The van der Waals surface area contributed by atoms with Crippen LogP contribution in [0.2, 0.25) is 5.02 Å². The number of hydrogen-bond acceptors (Lipinski definition) is 6. The fraction of sp³-hybridized carbons (Fsp3) is 0.217. The zero-order valence-electron chi connectivity index (χ0n) is 17.9. The number of sulfone groups is 1. The minimum atomic E-state index is -4.00. The van der Waals surface area contributed by atoms with E-state index in [1.54, 1.807) is 30.3 Å². The third kappa shape index (κ3) is 4.67. The van der Waals surface area contributed by atoms with Crippen molar-refractivity contribution in [2.24, 2.45) is 0 Å². The lowest BCUT2D eigenvalue weighted by Gasteiger charge is -2.25.